The molecule has 110 valence electrons. The fraction of sp³-hybridized carbons (Fsp3) is 0.833. The zero-order chi connectivity index (χ0) is 14.5. The fourth-order valence-electron chi connectivity index (χ4n) is 2.14. The van der Waals surface area contributed by atoms with Gasteiger partial charge in [0, 0.05) is 19.6 Å². The third-order valence-corrected chi connectivity index (χ3v) is 3.33. The first-order valence-electron chi connectivity index (χ1n) is 6.47. The normalized spacial score (nSPS) is 19.5. The van der Waals surface area contributed by atoms with Crippen molar-refractivity contribution in [3.8, 4) is 0 Å². The second-order valence-electron chi connectivity index (χ2n) is 5.32. The maximum Gasteiger partial charge on any atom is 0.317 e. The predicted molar refractivity (Wildman–Crippen MR) is 69.9 cm³/mol. The third kappa shape index (κ3) is 5.44. The van der Waals surface area contributed by atoms with Crippen molar-refractivity contribution >= 4 is 12.0 Å². The summed E-state index contributed by atoms with van der Waals surface area (Å²) in [5, 5.41) is 24.2. The van der Waals surface area contributed by atoms with Gasteiger partial charge >= 0.3 is 12.0 Å². The minimum Gasteiger partial charge on any atom is -0.481 e. The Morgan fingerprint density at radius 3 is 2.53 bits per heavy atom. The van der Waals surface area contributed by atoms with Gasteiger partial charge in [-0.25, -0.2) is 4.79 Å². The average molecular weight is 273 g/mol. The van der Waals surface area contributed by atoms with Crippen LogP contribution >= 0.6 is 0 Å². The second kappa shape index (κ2) is 6.72. The molecule has 1 heterocycles. The number of urea groups is 1. The van der Waals surface area contributed by atoms with Crippen LogP contribution in [0.2, 0.25) is 0 Å². The summed E-state index contributed by atoms with van der Waals surface area (Å²) in [7, 11) is 1.72. The zero-order valence-electron chi connectivity index (χ0n) is 11.5. The number of nitrogens with zero attached hydrogens (tertiary/aromatic N) is 1. The van der Waals surface area contributed by atoms with Gasteiger partial charge in [-0.15, -0.1) is 0 Å². The number of carboxylic acids is 1. The van der Waals surface area contributed by atoms with Crippen LogP contribution in [0.25, 0.3) is 0 Å². The molecular weight excluding hydrogens is 250 g/mol. The van der Waals surface area contributed by atoms with E-state index in [1.54, 1.807) is 11.9 Å². The number of piperidine rings is 1. The molecule has 0 spiro atoms. The number of amides is 2. The molecule has 4 N–H and O–H groups in total. The minimum absolute atomic E-state index is 0.0759. The Labute approximate surface area is 113 Å². The van der Waals surface area contributed by atoms with Crippen LogP contribution in [-0.4, -0.2) is 65.4 Å². The minimum atomic E-state index is -1.43. The number of aliphatic carboxylic acids is 1. The van der Waals surface area contributed by atoms with Crippen LogP contribution in [0.4, 0.5) is 4.79 Å². The van der Waals surface area contributed by atoms with Crippen LogP contribution in [0, 0.1) is 0 Å². The Morgan fingerprint density at radius 2 is 2.00 bits per heavy atom. The van der Waals surface area contributed by atoms with Crippen molar-refractivity contribution < 1.29 is 19.8 Å². The molecule has 1 unspecified atom stereocenters. The number of carbonyl (C=O) groups excluding carboxylic acids is 1. The summed E-state index contributed by atoms with van der Waals surface area (Å²) in [5.74, 6) is -1.09. The lowest BCUT2D eigenvalue weighted by molar-refractivity contribution is -0.141. The molecule has 0 aliphatic carbocycles. The first-order valence-corrected chi connectivity index (χ1v) is 6.47. The molecule has 0 aromatic carbocycles. The summed E-state index contributed by atoms with van der Waals surface area (Å²) in [5.41, 5.74) is -1.43. The Bertz CT molecular complexity index is 327. The summed E-state index contributed by atoms with van der Waals surface area (Å²) in [6.07, 6.45) is 1.40. The number of aliphatic hydroxyl groups is 1. The van der Waals surface area contributed by atoms with Crippen LogP contribution in [0.15, 0.2) is 0 Å². The summed E-state index contributed by atoms with van der Waals surface area (Å²) >= 11 is 0. The zero-order valence-corrected chi connectivity index (χ0v) is 11.5. The monoisotopic (exact) mass is 273 g/mol. The largest absolute Gasteiger partial charge is 0.481 e. The Morgan fingerprint density at radius 1 is 1.42 bits per heavy atom. The summed E-state index contributed by atoms with van der Waals surface area (Å²) in [6.45, 7) is 3.09. The first kappa shape index (κ1) is 15.7. The van der Waals surface area contributed by atoms with Crippen molar-refractivity contribution in [1.82, 2.24) is 15.5 Å². The van der Waals surface area contributed by atoms with Crippen molar-refractivity contribution in [3.05, 3.63) is 0 Å². The average Bonchev–Trinajstić information content (AvgIpc) is 2.34. The topological polar surface area (TPSA) is 102 Å². The highest BCUT2D eigenvalue weighted by Gasteiger charge is 2.27. The van der Waals surface area contributed by atoms with Crippen LogP contribution < -0.4 is 10.6 Å². The molecule has 2 amide bonds. The van der Waals surface area contributed by atoms with E-state index in [0.29, 0.717) is 0 Å². The van der Waals surface area contributed by atoms with E-state index in [4.69, 9.17) is 5.11 Å². The molecule has 1 atom stereocenters. The van der Waals surface area contributed by atoms with E-state index in [1.165, 1.54) is 6.92 Å². The highest BCUT2D eigenvalue weighted by molar-refractivity contribution is 5.74. The first-order chi connectivity index (χ1) is 8.82. The van der Waals surface area contributed by atoms with Gasteiger partial charge in [0.1, 0.15) is 0 Å². The van der Waals surface area contributed by atoms with Gasteiger partial charge in [0.2, 0.25) is 0 Å². The van der Waals surface area contributed by atoms with Crippen molar-refractivity contribution in [2.24, 2.45) is 0 Å². The molecule has 0 aromatic heterocycles. The third-order valence-electron chi connectivity index (χ3n) is 3.33. The molecule has 0 bridgehead atoms. The van der Waals surface area contributed by atoms with Gasteiger partial charge in [-0.2, -0.15) is 0 Å². The van der Waals surface area contributed by atoms with Crippen molar-refractivity contribution in [3.63, 3.8) is 0 Å². The van der Waals surface area contributed by atoms with E-state index >= 15 is 0 Å². The molecule has 1 aliphatic rings. The fourth-order valence-corrected chi connectivity index (χ4v) is 2.14. The van der Waals surface area contributed by atoms with E-state index in [2.05, 4.69) is 10.6 Å². The number of carbonyl (C=O) groups is 2. The van der Waals surface area contributed by atoms with Crippen molar-refractivity contribution in [2.45, 2.75) is 37.8 Å². The lowest BCUT2D eigenvalue weighted by Gasteiger charge is -2.32. The van der Waals surface area contributed by atoms with E-state index in [0.717, 1.165) is 25.9 Å². The summed E-state index contributed by atoms with van der Waals surface area (Å²) in [4.78, 5) is 24.1. The SMILES string of the molecule is CN(C(=O)NCC(C)(O)CC(=O)O)C1CCNCC1. The van der Waals surface area contributed by atoms with Gasteiger partial charge in [-0.3, -0.25) is 4.79 Å². The maximum absolute atomic E-state index is 11.9. The Kier molecular flexibility index (Phi) is 5.56. The van der Waals surface area contributed by atoms with E-state index in [1.807, 2.05) is 0 Å². The smallest absolute Gasteiger partial charge is 0.317 e. The number of hydrogen-bond acceptors (Lipinski definition) is 4. The number of nitrogens with one attached hydrogen (secondary N) is 2. The molecule has 1 rings (SSSR count). The van der Waals surface area contributed by atoms with Gasteiger partial charge < -0.3 is 25.7 Å². The Balaban J connectivity index is 2.39. The molecule has 7 heteroatoms. The quantitative estimate of drug-likeness (QED) is 0.546. The molecule has 1 aliphatic heterocycles. The van der Waals surface area contributed by atoms with Crippen LogP contribution in [-0.2, 0) is 4.79 Å². The number of rotatable bonds is 5. The molecule has 1 fully saturated rings. The molecule has 1 saturated heterocycles. The van der Waals surface area contributed by atoms with Gasteiger partial charge in [-0.1, -0.05) is 0 Å². The molecule has 0 saturated carbocycles. The van der Waals surface area contributed by atoms with Crippen LogP contribution in [0.3, 0.4) is 0 Å². The van der Waals surface area contributed by atoms with E-state index in [-0.39, 0.29) is 18.6 Å². The van der Waals surface area contributed by atoms with Crippen LogP contribution in [0.5, 0.6) is 0 Å². The number of carboxylic acid groups (broad SMARTS) is 1. The summed E-state index contributed by atoms with van der Waals surface area (Å²) < 4.78 is 0. The van der Waals surface area contributed by atoms with Crippen molar-refractivity contribution in [2.75, 3.05) is 26.7 Å². The van der Waals surface area contributed by atoms with Gasteiger partial charge in [0.05, 0.1) is 12.0 Å². The Hall–Kier alpha value is -1.34. The second-order valence-corrected chi connectivity index (χ2v) is 5.32. The van der Waals surface area contributed by atoms with Crippen molar-refractivity contribution in [1.29, 1.82) is 0 Å². The molecule has 7 nitrogen and oxygen atoms in total. The molecule has 0 aromatic rings. The van der Waals surface area contributed by atoms with Crippen LogP contribution in [0.1, 0.15) is 26.2 Å². The lowest BCUT2D eigenvalue weighted by Crippen LogP contribution is -2.51. The van der Waals surface area contributed by atoms with Gasteiger partial charge in [0.15, 0.2) is 0 Å². The highest BCUT2D eigenvalue weighted by atomic mass is 16.4. The highest BCUT2D eigenvalue weighted by Crippen LogP contribution is 2.11. The lowest BCUT2D eigenvalue weighted by atomic mass is 10.0. The summed E-state index contributed by atoms with van der Waals surface area (Å²) in [6, 6.07) is -0.0942. The van der Waals surface area contributed by atoms with E-state index < -0.39 is 18.0 Å². The van der Waals surface area contributed by atoms with E-state index in [9.17, 15) is 14.7 Å². The molecule has 0 radical (unpaired) electrons. The van der Waals surface area contributed by atoms with Gasteiger partial charge in [0.25, 0.3) is 0 Å². The predicted octanol–water partition coefficient (Wildman–Crippen LogP) is -0.394. The van der Waals surface area contributed by atoms with Gasteiger partial charge in [-0.05, 0) is 32.9 Å². The maximum atomic E-state index is 11.9. The number of hydrogen-bond donors (Lipinski definition) is 4. The molecule has 19 heavy (non-hydrogen) atoms. The standard InChI is InChI=1S/C12H23N3O4/c1-12(19,7-10(16)17)8-14-11(18)15(2)9-3-5-13-6-4-9/h9,13,19H,3-8H2,1-2H3,(H,14,18)(H,16,17). The molecular formula is C12H23N3O4.